The number of methoxy groups -OCH3 is 1. The maximum Gasteiger partial charge on any atom is 0.322 e. The number of H-pyrrole nitrogens is 1. The molecular weight excluding hydrogens is 358 g/mol. The van der Waals surface area contributed by atoms with Crippen LogP contribution in [0, 0.1) is 0 Å². The predicted molar refractivity (Wildman–Crippen MR) is 96.9 cm³/mol. The molecule has 4 rings (SSSR count). The fourth-order valence-corrected chi connectivity index (χ4v) is 3.30. The van der Waals surface area contributed by atoms with E-state index < -0.39 is 0 Å². The molecule has 1 aromatic carbocycles. The Bertz CT molecular complexity index is 1060. The quantitative estimate of drug-likeness (QED) is 0.720. The number of carbonyl (C=O) groups is 1. The van der Waals surface area contributed by atoms with Crippen molar-refractivity contribution in [3.63, 3.8) is 0 Å². The van der Waals surface area contributed by atoms with Gasteiger partial charge in [-0.3, -0.25) is 9.89 Å². The highest BCUT2D eigenvalue weighted by Gasteiger charge is 2.25. The summed E-state index contributed by atoms with van der Waals surface area (Å²) in [6, 6.07) is 6.46. The van der Waals surface area contributed by atoms with E-state index in [4.69, 9.17) is 16.3 Å². The lowest BCUT2D eigenvalue weighted by atomic mass is 10.1. The number of halogens is 1. The topological polar surface area (TPSA) is 91.7 Å². The first-order valence-corrected chi connectivity index (χ1v) is 8.42. The molecule has 0 unspecified atom stereocenters. The molecule has 0 fully saturated rings. The third-order valence-electron chi connectivity index (χ3n) is 4.38. The average molecular weight is 374 g/mol. The summed E-state index contributed by atoms with van der Waals surface area (Å²) in [5.41, 5.74) is 2.23. The maximum atomic E-state index is 12.6. The number of hydrogen-bond acceptors (Lipinski definition) is 4. The zero-order valence-corrected chi connectivity index (χ0v) is 14.7. The summed E-state index contributed by atoms with van der Waals surface area (Å²) in [5.74, 6) is 0.533. The third-order valence-corrected chi connectivity index (χ3v) is 4.68. The molecule has 2 amide bonds. The van der Waals surface area contributed by atoms with Gasteiger partial charge in [0, 0.05) is 30.9 Å². The zero-order chi connectivity index (χ0) is 18.3. The summed E-state index contributed by atoms with van der Waals surface area (Å²) < 4.78 is 6.48. The van der Waals surface area contributed by atoms with Crippen LogP contribution in [0.1, 0.15) is 11.3 Å². The minimum absolute atomic E-state index is 0.181. The van der Waals surface area contributed by atoms with Crippen LogP contribution in [0.25, 0.3) is 5.65 Å². The van der Waals surface area contributed by atoms with E-state index in [0.717, 1.165) is 5.69 Å². The van der Waals surface area contributed by atoms with Crippen molar-refractivity contribution in [2.24, 2.45) is 0 Å². The summed E-state index contributed by atoms with van der Waals surface area (Å²) in [6.45, 7) is 0.689. The Kier molecular flexibility index (Phi) is 4.04. The molecule has 0 spiro atoms. The van der Waals surface area contributed by atoms with Crippen molar-refractivity contribution < 1.29 is 9.53 Å². The Hall–Kier alpha value is -3.00. The molecule has 134 valence electrons. The summed E-state index contributed by atoms with van der Waals surface area (Å²) in [5, 5.41) is 6.04. The highest BCUT2D eigenvalue weighted by Crippen LogP contribution is 2.27. The molecule has 1 aliphatic heterocycles. The molecule has 1 aliphatic rings. The van der Waals surface area contributed by atoms with Gasteiger partial charge in [0.15, 0.2) is 5.65 Å². The van der Waals surface area contributed by atoms with Gasteiger partial charge in [-0.05, 0) is 18.2 Å². The highest BCUT2D eigenvalue weighted by molar-refractivity contribution is 6.32. The molecular formula is C17H16ClN5O3. The summed E-state index contributed by atoms with van der Waals surface area (Å²) in [7, 11) is 1.53. The lowest BCUT2D eigenvalue weighted by molar-refractivity contribution is 0.205. The van der Waals surface area contributed by atoms with Crippen LogP contribution in [0.2, 0.25) is 5.02 Å². The SMILES string of the molecule is COc1ccc(NC(=O)N2CCc3nc4cc[nH]n4c(=O)c3C2)cc1Cl. The van der Waals surface area contributed by atoms with Crippen LogP contribution in [0.3, 0.4) is 0 Å². The van der Waals surface area contributed by atoms with Crippen molar-refractivity contribution in [3.05, 3.63) is 57.1 Å². The van der Waals surface area contributed by atoms with Crippen LogP contribution in [-0.4, -0.2) is 39.2 Å². The number of aromatic nitrogens is 3. The van der Waals surface area contributed by atoms with E-state index in [0.29, 0.717) is 40.6 Å². The summed E-state index contributed by atoms with van der Waals surface area (Å²) >= 11 is 6.09. The van der Waals surface area contributed by atoms with Gasteiger partial charge in [0.1, 0.15) is 5.75 Å². The van der Waals surface area contributed by atoms with Crippen LogP contribution in [-0.2, 0) is 13.0 Å². The third kappa shape index (κ3) is 2.78. The monoisotopic (exact) mass is 373 g/mol. The number of hydrogen-bond donors (Lipinski definition) is 2. The van der Waals surface area contributed by atoms with Crippen LogP contribution >= 0.6 is 11.6 Å². The van der Waals surface area contributed by atoms with Gasteiger partial charge < -0.3 is 15.0 Å². The van der Waals surface area contributed by atoms with Gasteiger partial charge in [-0.2, -0.15) is 0 Å². The van der Waals surface area contributed by atoms with Crippen molar-refractivity contribution >= 4 is 29.0 Å². The smallest absolute Gasteiger partial charge is 0.322 e. The lowest BCUT2D eigenvalue weighted by Gasteiger charge is -2.27. The van der Waals surface area contributed by atoms with Crippen LogP contribution in [0.15, 0.2) is 35.3 Å². The number of anilines is 1. The molecule has 0 saturated heterocycles. The Morgan fingerprint density at radius 1 is 1.38 bits per heavy atom. The van der Waals surface area contributed by atoms with E-state index in [2.05, 4.69) is 15.4 Å². The minimum atomic E-state index is -0.298. The lowest BCUT2D eigenvalue weighted by Crippen LogP contribution is -2.42. The largest absolute Gasteiger partial charge is 0.495 e. The van der Waals surface area contributed by atoms with E-state index in [1.165, 1.54) is 11.6 Å². The molecule has 0 bridgehead atoms. The molecule has 0 radical (unpaired) electrons. The van der Waals surface area contributed by atoms with E-state index in [1.807, 2.05) is 0 Å². The fraction of sp³-hybridized carbons (Fsp3) is 0.235. The van der Waals surface area contributed by atoms with E-state index in [-0.39, 0.29) is 18.1 Å². The number of urea groups is 1. The van der Waals surface area contributed by atoms with Crippen LogP contribution in [0.4, 0.5) is 10.5 Å². The second kappa shape index (κ2) is 6.38. The Balaban J connectivity index is 1.55. The van der Waals surface area contributed by atoms with Crippen molar-refractivity contribution in [2.75, 3.05) is 19.0 Å². The average Bonchev–Trinajstić information content (AvgIpc) is 3.10. The molecule has 8 nitrogen and oxygen atoms in total. The molecule has 9 heteroatoms. The second-order valence-corrected chi connectivity index (χ2v) is 6.36. The second-order valence-electron chi connectivity index (χ2n) is 5.95. The predicted octanol–water partition coefficient (Wildman–Crippen LogP) is 2.27. The number of rotatable bonds is 2. The van der Waals surface area contributed by atoms with Gasteiger partial charge in [0.25, 0.3) is 5.56 Å². The Labute approximate surface area is 153 Å². The first-order chi connectivity index (χ1) is 12.6. The number of nitrogens with one attached hydrogen (secondary N) is 2. The standard InChI is InChI=1S/C17H16ClN5O3/c1-26-14-3-2-10(8-12(14)18)20-17(25)22-7-5-13-11(9-22)16(24)23-15(21-13)4-6-19-23/h2-4,6,8,19H,5,7,9H2,1H3,(H,20,25). The molecule has 26 heavy (non-hydrogen) atoms. The maximum absolute atomic E-state index is 12.6. The van der Waals surface area contributed by atoms with Gasteiger partial charge in [-0.25, -0.2) is 14.3 Å². The number of nitrogens with zero attached hydrogens (tertiary/aromatic N) is 3. The van der Waals surface area contributed by atoms with E-state index in [9.17, 15) is 9.59 Å². The molecule has 3 heterocycles. The van der Waals surface area contributed by atoms with Crippen molar-refractivity contribution in [1.82, 2.24) is 19.5 Å². The van der Waals surface area contributed by atoms with Gasteiger partial charge in [0.05, 0.1) is 29.9 Å². The van der Waals surface area contributed by atoms with Gasteiger partial charge >= 0.3 is 6.03 Å². The molecule has 2 aromatic heterocycles. The molecule has 2 N–H and O–H groups in total. The van der Waals surface area contributed by atoms with Crippen LogP contribution in [0.5, 0.6) is 5.75 Å². The van der Waals surface area contributed by atoms with Crippen LogP contribution < -0.4 is 15.6 Å². The first-order valence-electron chi connectivity index (χ1n) is 8.04. The van der Waals surface area contributed by atoms with E-state index >= 15 is 0 Å². The fourth-order valence-electron chi connectivity index (χ4n) is 3.04. The normalized spacial score (nSPS) is 13.5. The number of carbonyl (C=O) groups excluding carboxylic acids is 1. The molecule has 3 aromatic rings. The van der Waals surface area contributed by atoms with Crippen molar-refractivity contribution in [2.45, 2.75) is 13.0 Å². The van der Waals surface area contributed by atoms with E-state index in [1.54, 1.807) is 35.4 Å². The van der Waals surface area contributed by atoms with Gasteiger partial charge in [0.2, 0.25) is 0 Å². The summed E-state index contributed by atoms with van der Waals surface area (Å²) in [4.78, 5) is 31.2. The number of fused-ring (bicyclic) bond motifs is 2. The van der Waals surface area contributed by atoms with Gasteiger partial charge in [-0.15, -0.1) is 0 Å². The number of aromatic amines is 1. The Morgan fingerprint density at radius 2 is 2.23 bits per heavy atom. The Morgan fingerprint density at radius 3 is 3.00 bits per heavy atom. The number of amides is 2. The van der Waals surface area contributed by atoms with Crippen molar-refractivity contribution in [1.29, 1.82) is 0 Å². The zero-order valence-electron chi connectivity index (χ0n) is 14.0. The number of benzene rings is 1. The molecule has 0 aliphatic carbocycles. The highest BCUT2D eigenvalue weighted by atomic mass is 35.5. The summed E-state index contributed by atoms with van der Waals surface area (Å²) in [6.07, 6.45) is 2.19. The number of ether oxygens (including phenoxy) is 1. The van der Waals surface area contributed by atoms with Gasteiger partial charge in [-0.1, -0.05) is 11.6 Å². The minimum Gasteiger partial charge on any atom is -0.495 e. The molecule has 0 atom stereocenters. The molecule has 0 saturated carbocycles. The van der Waals surface area contributed by atoms with Crippen molar-refractivity contribution in [3.8, 4) is 5.75 Å². The first kappa shape index (κ1) is 16.5.